The lowest BCUT2D eigenvalue weighted by atomic mass is 9.89. The molecule has 2 atom stereocenters. The van der Waals surface area contributed by atoms with Crippen molar-refractivity contribution in [1.29, 1.82) is 0 Å². The second kappa shape index (κ2) is 6.07. The maximum atomic E-state index is 12.6. The Morgan fingerprint density at radius 1 is 1.25 bits per heavy atom. The first-order valence-electron chi connectivity index (χ1n) is 8.40. The molecule has 0 aromatic heterocycles. The van der Waals surface area contributed by atoms with Gasteiger partial charge in [-0.2, -0.15) is 0 Å². The Morgan fingerprint density at radius 2 is 2.12 bits per heavy atom. The van der Waals surface area contributed by atoms with Crippen molar-refractivity contribution in [2.45, 2.75) is 30.9 Å². The number of hydrogen-bond donors (Lipinski definition) is 2. The fourth-order valence-electron chi connectivity index (χ4n) is 3.70. The van der Waals surface area contributed by atoms with Crippen molar-refractivity contribution in [3.8, 4) is 5.75 Å². The number of phenols is 1. The van der Waals surface area contributed by atoms with Crippen LogP contribution in [0.2, 0.25) is 0 Å². The number of ether oxygens (including phenoxy) is 2. The van der Waals surface area contributed by atoms with Gasteiger partial charge in [-0.3, -0.25) is 4.79 Å². The van der Waals surface area contributed by atoms with E-state index in [4.69, 9.17) is 9.47 Å². The van der Waals surface area contributed by atoms with Gasteiger partial charge in [0.25, 0.3) is 5.91 Å². The fourth-order valence-corrected chi connectivity index (χ4v) is 3.70. The Kier molecular flexibility index (Phi) is 3.90. The Labute approximate surface area is 140 Å². The average molecular weight is 327 g/mol. The molecule has 0 radical (unpaired) electrons. The Morgan fingerprint density at radius 3 is 2.96 bits per heavy atom. The van der Waals surface area contributed by atoms with Crippen molar-refractivity contribution in [3.63, 3.8) is 0 Å². The summed E-state index contributed by atoms with van der Waals surface area (Å²) in [6.45, 7) is 1.96. The van der Waals surface area contributed by atoms with Crippen molar-refractivity contribution in [1.82, 2.24) is 5.32 Å². The molecule has 2 N–H and O–H groups in total. The van der Waals surface area contributed by atoms with Crippen LogP contribution in [0.5, 0.6) is 5.75 Å². The highest BCUT2D eigenvalue weighted by Crippen LogP contribution is 2.33. The molecule has 2 aliphatic rings. The van der Waals surface area contributed by atoms with E-state index in [9.17, 15) is 9.90 Å². The maximum Gasteiger partial charge on any atom is 0.251 e. The Hall–Kier alpha value is -2.11. The van der Waals surface area contributed by atoms with E-state index in [-0.39, 0.29) is 23.3 Å². The van der Waals surface area contributed by atoms with Gasteiger partial charge in [-0.15, -0.1) is 0 Å². The lowest BCUT2D eigenvalue weighted by Gasteiger charge is -2.37. The molecule has 0 saturated carbocycles. The highest BCUT2D eigenvalue weighted by atomic mass is 16.6. The molecule has 5 heteroatoms. The van der Waals surface area contributed by atoms with Gasteiger partial charge in [0.2, 0.25) is 0 Å². The molecule has 24 heavy (non-hydrogen) atoms. The molecular formula is C19H21NO4. The molecule has 4 rings (SSSR count). The number of hydrogen-bond acceptors (Lipinski definition) is 4. The number of carbonyl (C=O) groups excluding carboxylic acids is 1. The molecule has 5 nitrogen and oxygen atoms in total. The molecule has 1 spiro atoms. The van der Waals surface area contributed by atoms with Crippen LogP contribution in [-0.2, 0) is 9.47 Å². The van der Waals surface area contributed by atoms with E-state index in [2.05, 4.69) is 5.32 Å². The maximum absolute atomic E-state index is 12.6. The number of fused-ring (bicyclic) bond motifs is 1. The quantitative estimate of drug-likeness (QED) is 0.890. The summed E-state index contributed by atoms with van der Waals surface area (Å²) in [6.07, 6.45) is 2.46. The van der Waals surface area contributed by atoms with Crippen LogP contribution in [0.4, 0.5) is 0 Å². The zero-order valence-corrected chi connectivity index (χ0v) is 13.5. The van der Waals surface area contributed by atoms with Crippen LogP contribution in [0.15, 0.2) is 36.4 Å². The van der Waals surface area contributed by atoms with Gasteiger partial charge >= 0.3 is 0 Å². The molecule has 2 aromatic carbocycles. The van der Waals surface area contributed by atoms with Crippen LogP contribution in [0.25, 0.3) is 10.8 Å². The summed E-state index contributed by atoms with van der Waals surface area (Å²) in [4.78, 5) is 12.6. The lowest BCUT2D eigenvalue weighted by molar-refractivity contribution is -0.0881. The minimum absolute atomic E-state index is 0.0709. The first-order chi connectivity index (χ1) is 11.7. The van der Waals surface area contributed by atoms with E-state index in [1.807, 2.05) is 30.3 Å². The van der Waals surface area contributed by atoms with Crippen LogP contribution in [-0.4, -0.2) is 42.5 Å². The number of phenolic OH excluding ortho intramolecular Hbond substituents is 1. The molecule has 2 saturated heterocycles. The normalized spacial score (nSPS) is 26.8. The monoisotopic (exact) mass is 327 g/mol. The number of rotatable bonds is 2. The third-order valence-electron chi connectivity index (χ3n) is 5.00. The third-order valence-corrected chi connectivity index (χ3v) is 5.00. The predicted molar refractivity (Wildman–Crippen MR) is 90.2 cm³/mol. The van der Waals surface area contributed by atoms with Crippen molar-refractivity contribution in [2.24, 2.45) is 0 Å². The molecule has 2 fully saturated rings. The molecule has 2 aromatic rings. The third kappa shape index (κ3) is 2.85. The molecule has 2 heterocycles. The first-order valence-corrected chi connectivity index (χ1v) is 8.40. The predicted octanol–water partition coefficient (Wildman–Crippen LogP) is 2.61. The number of aromatic hydroxyl groups is 1. The highest BCUT2D eigenvalue weighted by molar-refractivity contribution is 6.00. The van der Waals surface area contributed by atoms with Crippen molar-refractivity contribution < 1.29 is 19.4 Å². The summed E-state index contributed by atoms with van der Waals surface area (Å²) < 4.78 is 11.4. The van der Waals surface area contributed by atoms with Gasteiger partial charge in [0.05, 0.1) is 12.2 Å². The largest absolute Gasteiger partial charge is 0.507 e. The van der Waals surface area contributed by atoms with E-state index < -0.39 is 0 Å². The molecule has 1 amide bonds. The van der Waals surface area contributed by atoms with E-state index in [1.54, 1.807) is 0 Å². The summed E-state index contributed by atoms with van der Waals surface area (Å²) >= 11 is 0. The van der Waals surface area contributed by atoms with Gasteiger partial charge in [-0.25, -0.2) is 0 Å². The molecule has 2 aliphatic heterocycles. The van der Waals surface area contributed by atoms with Gasteiger partial charge in [0.15, 0.2) is 0 Å². The van der Waals surface area contributed by atoms with Crippen LogP contribution in [0, 0.1) is 0 Å². The molecule has 126 valence electrons. The van der Waals surface area contributed by atoms with Crippen molar-refractivity contribution >= 4 is 16.7 Å². The highest BCUT2D eigenvalue weighted by Gasteiger charge is 2.41. The smallest absolute Gasteiger partial charge is 0.251 e. The van der Waals surface area contributed by atoms with Crippen molar-refractivity contribution in [3.05, 3.63) is 42.0 Å². The van der Waals surface area contributed by atoms with Gasteiger partial charge in [0, 0.05) is 36.6 Å². The number of amides is 1. The zero-order chi connectivity index (χ0) is 16.6. The zero-order valence-electron chi connectivity index (χ0n) is 13.5. The van der Waals surface area contributed by atoms with E-state index in [0.717, 1.165) is 36.6 Å². The Balaban J connectivity index is 1.52. The summed E-state index contributed by atoms with van der Waals surface area (Å²) in [5.41, 5.74) is 0.247. The van der Waals surface area contributed by atoms with Crippen LogP contribution < -0.4 is 5.32 Å². The van der Waals surface area contributed by atoms with E-state index >= 15 is 0 Å². The van der Waals surface area contributed by atoms with Gasteiger partial charge in [0.1, 0.15) is 5.75 Å². The van der Waals surface area contributed by atoms with Gasteiger partial charge in [-0.05, 0) is 30.4 Å². The standard InChI is InChI=1S/C19H21NO4/c21-17-10-14(9-13-3-1-2-4-16(13)17)18(22)20-15-5-7-24-19(11-15)6-8-23-12-19/h1-4,9-10,15,21H,5-8,11-12H2,(H,20,22)/t15-,19-/m0/s1. The Bertz CT molecular complexity index is 767. The minimum Gasteiger partial charge on any atom is -0.507 e. The summed E-state index contributed by atoms with van der Waals surface area (Å²) in [5.74, 6) is -0.0251. The number of carbonyl (C=O) groups is 1. The average Bonchev–Trinajstić information content (AvgIpc) is 3.02. The topological polar surface area (TPSA) is 67.8 Å². The van der Waals surface area contributed by atoms with Gasteiger partial charge in [-0.1, -0.05) is 24.3 Å². The van der Waals surface area contributed by atoms with E-state index in [0.29, 0.717) is 18.8 Å². The van der Waals surface area contributed by atoms with Gasteiger partial charge < -0.3 is 19.9 Å². The van der Waals surface area contributed by atoms with Crippen molar-refractivity contribution in [2.75, 3.05) is 19.8 Å². The van der Waals surface area contributed by atoms with Crippen LogP contribution >= 0.6 is 0 Å². The van der Waals surface area contributed by atoms with E-state index in [1.165, 1.54) is 6.07 Å². The second-order valence-corrected chi connectivity index (χ2v) is 6.71. The lowest BCUT2D eigenvalue weighted by Crippen LogP contribution is -2.49. The summed E-state index contributed by atoms with van der Waals surface area (Å²) in [7, 11) is 0. The summed E-state index contributed by atoms with van der Waals surface area (Å²) in [5, 5.41) is 14.9. The summed E-state index contributed by atoms with van der Waals surface area (Å²) in [6, 6.07) is 10.9. The van der Waals surface area contributed by atoms with Crippen LogP contribution in [0.3, 0.4) is 0 Å². The number of benzene rings is 2. The first kappa shape index (κ1) is 15.4. The molecule has 0 aliphatic carbocycles. The fraction of sp³-hybridized carbons (Fsp3) is 0.421. The molecule has 0 bridgehead atoms. The minimum atomic E-state index is -0.234. The van der Waals surface area contributed by atoms with Crippen LogP contribution in [0.1, 0.15) is 29.6 Å². The molecule has 0 unspecified atom stereocenters. The molecular weight excluding hydrogens is 306 g/mol. The second-order valence-electron chi connectivity index (χ2n) is 6.71. The SMILES string of the molecule is O=C(N[C@H]1CCO[C@@]2(CCOC2)C1)c1cc(O)c2ccccc2c1. The number of nitrogens with one attached hydrogen (secondary N) is 1.